The largest absolute Gasteiger partial charge is 0.507 e. The van der Waals surface area contributed by atoms with E-state index in [2.05, 4.69) is 190 Å². The van der Waals surface area contributed by atoms with Gasteiger partial charge >= 0.3 is 0 Å². The fourth-order valence-corrected chi connectivity index (χ4v) is 9.27. The van der Waals surface area contributed by atoms with Crippen LogP contribution in [0.15, 0.2) is 158 Å². The summed E-state index contributed by atoms with van der Waals surface area (Å²) in [6, 6.07) is 52.3. The number of phenolic OH excluding ortho intramolecular Hbond substituents is 1. The number of fused-ring (bicyclic) bond motifs is 1. The molecule has 1 N–H and O–H groups in total. The van der Waals surface area contributed by atoms with E-state index in [0.29, 0.717) is 22.6 Å². The highest BCUT2D eigenvalue weighted by atomic mass is 16.3. The number of aryl methyl sites for hydroxylation is 2. The fraction of sp³-hybridized carbons (Fsp3) is 0.250. The molecule has 0 atom stereocenters. The predicted octanol–water partition coefficient (Wildman–Crippen LogP) is 17.6. The predicted molar refractivity (Wildman–Crippen MR) is 288 cm³/mol. The first kappa shape index (κ1) is 42.3. The normalized spacial score (nSPS) is 13.0. The third kappa shape index (κ3) is 8.93. The lowest BCUT2D eigenvalue weighted by atomic mass is 9.83. The second-order valence-electron chi connectivity index (χ2n) is 21.2. The van der Waals surface area contributed by atoms with Crippen molar-refractivity contribution in [1.82, 2.24) is 14.5 Å². The van der Waals surface area contributed by atoms with Gasteiger partial charge in [0.25, 0.3) is 0 Å². The maximum absolute atomic E-state index is 12.5. The monoisotopic (exact) mass is 895 g/mol. The standard InChI is InChI=1S/C64H65N3O/c1-39(2)47-35-53(40(3)4)61(68)56(36-47)62-66-60-52(48-32-49(34-51(33-48)64(10,11)12)57-37-46(29-30-65-57)43-23-21-41(5)22-24-43)19-16-20-58(60)67(62)59-31-42(6)54(38-55(59)44-17-14-13-15-18-44)45-25-27-50(28-26-45)63(7,8)9/h13-40,68H,1-12H3/i6D3. The molecule has 4 heteroatoms. The summed E-state index contributed by atoms with van der Waals surface area (Å²) in [5, 5.41) is 12.5. The number of rotatable bonds is 9. The third-order valence-corrected chi connectivity index (χ3v) is 13.5. The van der Waals surface area contributed by atoms with E-state index >= 15 is 0 Å². The van der Waals surface area contributed by atoms with E-state index in [1.807, 2.05) is 48.7 Å². The molecule has 0 aliphatic carbocycles. The minimum atomic E-state index is -2.48. The van der Waals surface area contributed by atoms with Crippen LogP contribution in [-0.2, 0) is 10.8 Å². The van der Waals surface area contributed by atoms with Crippen molar-refractivity contribution in [1.29, 1.82) is 0 Å². The minimum absolute atomic E-state index is 0.0171. The SMILES string of the molecule is [2H]C([2H])([2H])c1cc(-n2c(-c3cc(C(C)C)cc(C(C)C)c3O)nc3c(-c4cc(-c5cc(-c6ccc(C)cc6)ccn5)cc(C(C)(C)C)c4)cccc32)c(-c2ccccc2)cc1-c1ccc(C(C)(C)C)cc1. The molecule has 2 aromatic heterocycles. The minimum Gasteiger partial charge on any atom is -0.507 e. The second kappa shape index (κ2) is 17.9. The molecule has 0 radical (unpaired) electrons. The molecule has 0 aliphatic rings. The lowest BCUT2D eigenvalue weighted by molar-refractivity contribution is 0.466. The summed E-state index contributed by atoms with van der Waals surface area (Å²) in [4.78, 5) is 10.6. The number of benzene rings is 7. The van der Waals surface area contributed by atoms with Crippen molar-refractivity contribution in [3.05, 3.63) is 191 Å². The first-order valence-corrected chi connectivity index (χ1v) is 24.0. The zero-order chi connectivity index (χ0) is 50.7. The number of aromatic nitrogens is 3. The molecule has 9 rings (SSSR count). The number of imidazole rings is 1. The van der Waals surface area contributed by atoms with Crippen LogP contribution >= 0.6 is 0 Å². The maximum atomic E-state index is 12.5. The van der Waals surface area contributed by atoms with Gasteiger partial charge in [-0.15, -0.1) is 0 Å². The summed E-state index contributed by atoms with van der Waals surface area (Å²) < 4.78 is 29.4. The Bertz CT molecular complexity index is 3420. The summed E-state index contributed by atoms with van der Waals surface area (Å²) in [6.45, 7) is 21.4. The van der Waals surface area contributed by atoms with Gasteiger partial charge < -0.3 is 5.11 Å². The van der Waals surface area contributed by atoms with E-state index in [1.165, 1.54) is 11.1 Å². The summed E-state index contributed by atoms with van der Waals surface area (Å²) >= 11 is 0. The van der Waals surface area contributed by atoms with Crippen LogP contribution in [0.2, 0.25) is 0 Å². The van der Waals surface area contributed by atoms with E-state index in [9.17, 15) is 5.11 Å². The molecule has 0 unspecified atom stereocenters. The van der Waals surface area contributed by atoms with E-state index in [-0.39, 0.29) is 34.0 Å². The molecule has 0 saturated carbocycles. The van der Waals surface area contributed by atoms with Crippen LogP contribution in [0.4, 0.5) is 0 Å². The summed E-state index contributed by atoms with van der Waals surface area (Å²) in [5.41, 5.74) is 17.2. The number of aromatic hydroxyl groups is 1. The zero-order valence-corrected chi connectivity index (χ0v) is 41.5. The lowest BCUT2D eigenvalue weighted by Crippen LogP contribution is -2.11. The highest BCUT2D eigenvalue weighted by Crippen LogP contribution is 2.45. The average molecular weight is 895 g/mol. The third-order valence-electron chi connectivity index (χ3n) is 13.5. The molecule has 0 bridgehead atoms. The van der Waals surface area contributed by atoms with Gasteiger partial charge in [-0.1, -0.05) is 178 Å². The van der Waals surface area contributed by atoms with Crippen LogP contribution in [0.3, 0.4) is 0 Å². The average Bonchev–Trinajstić information content (AvgIpc) is 3.72. The highest BCUT2D eigenvalue weighted by Gasteiger charge is 2.27. The Labute approximate surface area is 408 Å². The molecule has 0 aliphatic heterocycles. The van der Waals surface area contributed by atoms with Crippen molar-refractivity contribution >= 4 is 11.0 Å². The van der Waals surface area contributed by atoms with E-state index in [1.54, 1.807) is 0 Å². The zero-order valence-electron chi connectivity index (χ0n) is 44.5. The van der Waals surface area contributed by atoms with Crippen molar-refractivity contribution < 1.29 is 9.22 Å². The first-order chi connectivity index (χ1) is 33.6. The molecule has 2 heterocycles. The van der Waals surface area contributed by atoms with E-state index in [0.717, 1.165) is 77.9 Å². The van der Waals surface area contributed by atoms with Crippen molar-refractivity contribution in [2.45, 2.75) is 106 Å². The molecule has 4 nitrogen and oxygen atoms in total. The van der Waals surface area contributed by atoms with Crippen LogP contribution in [0.1, 0.15) is 119 Å². The molecular formula is C64H65N3O. The molecule has 342 valence electrons. The number of para-hydroxylation sites is 1. The Hall–Kier alpha value is -7.04. The van der Waals surface area contributed by atoms with Gasteiger partial charge in [-0.2, -0.15) is 0 Å². The summed E-state index contributed by atoms with van der Waals surface area (Å²) in [6.07, 6.45) is 1.88. The Kier molecular flexibility index (Phi) is 11.1. The number of pyridine rings is 1. The smallest absolute Gasteiger partial charge is 0.149 e. The molecule has 68 heavy (non-hydrogen) atoms. The Morgan fingerprint density at radius 2 is 1.22 bits per heavy atom. The lowest BCUT2D eigenvalue weighted by Gasteiger charge is -2.22. The molecular weight excluding hydrogens is 827 g/mol. The first-order valence-electron chi connectivity index (χ1n) is 25.5. The molecule has 9 aromatic rings. The van der Waals surface area contributed by atoms with Crippen molar-refractivity contribution in [3.63, 3.8) is 0 Å². The van der Waals surface area contributed by atoms with Gasteiger partial charge in [-0.3, -0.25) is 9.55 Å². The summed E-state index contributed by atoms with van der Waals surface area (Å²) in [5.74, 6) is 0.850. The van der Waals surface area contributed by atoms with Gasteiger partial charge in [0, 0.05) is 27.0 Å². The molecule has 0 saturated heterocycles. The quantitative estimate of drug-likeness (QED) is 0.157. The molecule has 7 aromatic carbocycles. The second-order valence-corrected chi connectivity index (χ2v) is 21.2. The Morgan fingerprint density at radius 3 is 1.88 bits per heavy atom. The summed E-state index contributed by atoms with van der Waals surface area (Å²) in [7, 11) is 0. The van der Waals surface area contributed by atoms with Crippen LogP contribution in [0.25, 0.3) is 83.9 Å². The number of nitrogens with zero attached hydrogens (tertiary/aromatic N) is 3. The molecule has 0 spiro atoms. The van der Waals surface area contributed by atoms with Crippen molar-refractivity contribution in [2.75, 3.05) is 0 Å². The van der Waals surface area contributed by atoms with Gasteiger partial charge in [-0.05, 0) is 146 Å². The Balaban J connectivity index is 1.38. The van der Waals surface area contributed by atoms with Crippen LogP contribution < -0.4 is 0 Å². The van der Waals surface area contributed by atoms with Gasteiger partial charge in [0.15, 0.2) is 0 Å². The van der Waals surface area contributed by atoms with Gasteiger partial charge in [-0.25, -0.2) is 4.98 Å². The maximum Gasteiger partial charge on any atom is 0.149 e. The van der Waals surface area contributed by atoms with Crippen molar-refractivity contribution in [2.24, 2.45) is 0 Å². The highest BCUT2D eigenvalue weighted by molar-refractivity contribution is 5.98. The van der Waals surface area contributed by atoms with Crippen molar-refractivity contribution in [3.8, 4) is 78.6 Å². The molecule has 0 amide bonds. The Morgan fingerprint density at radius 1 is 0.544 bits per heavy atom. The van der Waals surface area contributed by atoms with Gasteiger partial charge in [0.1, 0.15) is 11.6 Å². The van der Waals surface area contributed by atoms with Crippen LogP contribution in [0, 0.1) is 13.8 Å². The fourth-order valence-electron chi connectivity index (χ4n) is 9.27. The van der Waals surface area contributed by atoms with Crippen LogP contribution in [-0.4, -0.2) is 19.6 Å². The van der Waals surface area contributed by atoms with E-state index < -0.39 is 6.85 Å². The number of phenols is 1. The van der Waals surface area contributed by atoms with Crippen LogP contribution in [0.5, 0.6) is 5.75 Å². The van der Waals surface area contributed by atoms with E-state index in [4.69, 9.17) is 14.1 Å². The topological polar surface area (TPSA) is 50.9 Å². The number of hydrogen-bond acceptors (Lipinski definition) is 3. The van der Waals surface area contributed by atoms with Gasteiger partial charge in [0.2, 0.25) is 0 Å². The number of hydrogen-bond donors (Lipinski definition) is 1. The molecule has 0 fully saturated rings. The van der Waals surface area contributed by atoms with Gasteiger partial charge in [0.05, 0.1) is 28.0 Å².